The zero-order valence-corrected chi connectivity index (χ0v) is 23.3. The highest BCUT2D eigenvalue weighted by molar-refractivity contribution is 5.85. The number of ether oxygens (including phenoxy) is 4. The van der Waals surface area contributed by atoms with Crippen LogP contribution in [-0.2, 0) is 28.5 Å². The van der Waals surface area contributed by atoms with Crippen LogP contribution in [0.4, 0.5) is 0 Å². The molecule has 4 aliphatic carbocycles. The summed E-state index contributed by atoms with van der Waals surface area (Å²) in [5.41, 5.74) is -0.682. The Balaban J connectivity index is 1.18. The molecule has 0 aromatic rings. The van der Waals surface area contributed by atoms with Crippen LogP contribution in [-0.4, -0.2) is 83.7 Å². The van der Waals surface area contributed by atoms with Gasteiger partial charge in [-0.05, 0) is 94.0 Å². The quantitative estimate of drug-likeness (QED) is 0.269. The highest BCUT2D eigenvalue weighted by Crippen LogP contribution is 2.69. The summed E-state index contributed by atoms with van der Waals surface area (Å²) in [6.07, 6.45) is 5.39. The molecular weight excluding hydrogens is 504 g/mol. The molecule has 0 spiro atoms. The lowest BCUT2D eigenvalue weighted by atomic mass is 9.43. The van der Waals surface area contributed by atoms with Crippen molar-refractivity contribution in [1.29, 1.82) is 0 Å². The van der Waals surface area contributed by atoms with Gasteiger partial charge in [0.1, 0.15) is 31.2 Å². The predicted octanol–water partition coefficient (Wildman–Crippen LogP) is 2.29. The van der Waals surface area contributed by atoms with Gasteiger partial charge in [0.25, 0.3) is 0 Å². The maximum atomic E-state index is 13.0. The molecule has 9 nitrogen and oxygen atoms in total. The van der Waals surface area contributed by atoms with Crippen molar-refractivity contribution in [2.75, 3.05) is 13.7 Å². The van der Waals surface area contributed by atoms with E-state index < -0.39 is 41.7 Å². The largest absolute Gasteiger partial charge is 0.458 e. The van der Waals surface area contributed by atoms with Gasteiger partial charge in [-0.2, -0.15) is 0 Å². The Hall–Kier alpha value is -1.36. The van der Waals surface area contributed by atoms with Gasteiger partial charge in [-0.1, -0.05) is 6.92 Å². The zero-order valence-electron chi connectivity index (χ0n) is 23.3. The number of esters is 1. The molecule has 2 aliphatic heterocycles. The molecule has 2 heterocycles. The van der Waals surface area contributed by atoms with E-state index in [1.54, 1.807) is 13.0 Å². The number of rotatable bonds is 5. The number of hydrogen-bond donors (Lipinski definition) is 3. The molecule has 13 atom stereocenters. The van der Waals surface area contributed by atoms with Crippen molar-refractivity contribution in [2.24, 2.45) is 34.5 Å². The van der Waals surface area contributed by atoms with Crippen molar-refractivity contribution in [3.8, 4) is 0 Å². The molecule has 39 heavy (non-hydrogen) atoms. The smallest absolute Gasteiger partial charge is 0.331 e. The van der Waals surface area contributed by atoms with Crippen LogP contribution in [0.3, 0.4) is 0 Å². The highest BCUT2D eigenvalue weighted by atomic mass is 16.7. The van der Waals surface area contributed by atoms with Gasteiger partial charge in [0.2, 0.25) is 0 Å². The summed E-state index contributed by atoms with van der Waals surface area (Å²) in [6.45, 7) is 4.25. The second-order valence-corrected chi connectivity index (χ2v) is 13.4. The number of methoxy groups -OCH3 is 1. The Morgan fingerprint density at radius 3 is 2.54 bits per heavy atom. The van der Waals surface area contributed by atoms with Crippen molar-refractivity contribution in [3.05, 3.63) is 11.6 Å². The predicted molar refractivity (Wildman–Crippen MR) is 138 cm³/mol. The van der Waals surface area contributed by atoms with E-state index in [1.165, 1.54) is 13.4 Å². The average molecular weight is 549 g/mol. The number of carbonyl (C=O) groups is 2. The van der Waals surface area contributed by atoms with E-state index in [0.717, 1.165) is 37.7 Å². The van der Waals surface area contributed by atoms with Crippen LogP contribution in [0, 0.1) is 34.5 Å². The molecule has 9 heteroatoms. The molecule has 0 unspecified atom stereocenters. The summed E-state index contributed by atoms with van der Waals surface area (Å²) < 4.78 is 22.6. The van der Waals surface area contributed by atoms with E-state index in [-0.39, 0.29) is 41.2 Å². The fourth-order valence-corrected chi connectivity index (χ4v) is 10.00. The average Bonchev–Trinajstić information content (AvgIpc) is 3.47. The molecule has 218 valence electrons. The molecule has 3 N–H and O–H groups in total. The number of aldehydes is 1. The molecule has 5 fully saturated rings. The fourth-order valence-electron chi connectivity index (χ4n) is 10.00. The van der Waals surface area contributed by atoms with Gasteiger partial charge >= 0.3 is 5.97 Å². The molecule has 0 aromatic heterocycles. The van der Waals surface area contributed by atoms with Crippen molar-refractivity contribution in [2.45, 2.75) is 114 Å². The maximum absolute atomic E-state index is 13.0. The first-order valence-corrected chi connectivity index (χ1v) is 14.8. The van der Waals surface area contributed by atoms with E-state index in [2.05, 4.69) is 6.92 Å². The minimum atomic E-state index is -1.11. The Labute approximate surface area is 230 Å². The summed E-state index contributed by atoms with van der Waals surface area (Å²) >= 11 is 0. The van der Waals surface area contributed by atoms with E-state index in [4.69, 9.17) is 18.9 Å². The van der Waals surface area contributed by atoms with Crippen LogP contribution in [0.15, 0.2) is 11.6 Å². The van der Waals surface area contributed by atoms with Crippen LogP contribution in [0.25, 0.3) is 0 Å². The molecule has 0 bridgehead atoms. The lowest BCUT2D eigenvalue weighted by molar-refractivity contribution is -0.312. The number of cyclic esters (lactones) is 1. The minimum absolute atomic E-state index is 0.0482. The van der Waals surface area contributed by atoms with Crippen LogP contribution in [0.5, 0.6) is 0 Å². The second kappa shape index (κ2) is 9.88. The Morgan fingerprint density at radius 1 is 1.05 bits per heavy atom. The van der Waals surface area contributed by atoms with Crippen LogP contribution in [0.2, 0.25) is 0 Å². The lowest BCUT2D eigenvalue weighted by Crippen LogP contribution is -2.63. The Morgan fingerprint density at radius 2 is 1.85 bits per heavy atom. The molecule has 1 saturated heterocycles. The summed E-state index contributed by atoms with van der Waals surface area (Å²) in [4.78, 5) is 24.8. The zero-order chi connectivity index (χ0) is 27.7. The highest BCUT2D eigenvalue weighted by Gasteiger charge is 2.68. The van der Waals surface area contributed by atoms with E-state index in [9.17, 15) is 24.9 Å². The molecule has 0 radical (unpaired) electrons. The summed E-state index contributed by atoms with van der Waals surface area (Å²) in [7, 11) is 1.46. The standard InChI is InChI=1S/C30H44O9/c1-16-24(33)26(36-3)25(34)27(38-16)39-19-6-10-29(15-31)18(13-19)4-5-22-21(29)7-9-28(2)20(8-11-30(22,28)35)17-12-23(32)37-14-17/h12,15-16,18-22,24-27,33-35H,4-11,13-14H2,1-3H3/t16-,18+,19-,20-,21+,22-,24-,25-,26+,27-,28+,29+,30-/m0/s1. The van der Waals surface area contributed by atoms with Crippen molar-refractivity contribution >= 4 is 12.3 Å². The van der Waals surface area contributed by atoms with Crippen molar-refractivity contribution in [3.63, 3.8) is 0 Å². The third-order valence-electron chi connectivity index (χ3n) is 12.1. The molecular formula is C30H44O9. The molecule has 0 aromatic carbocycles. The minimum Gasteiger partial charge on any atom is -0.458 e. The van der Waals surface area contributed by atoms with Crippen molar-refractivity contribution in [1.82, 2.24) is 0 Å². The molecule has 6 rings (SSSR count). The Kier molecular flexibility index (Phi) is 7.04. The Bertz CT molecular complexity index is 1010. The van der Waals surface area contributed by atoms with Gasteiger partial charge in [-0.3, -0.25) is 0 Å². The monoisotopic (exact) mass is 548 g/mol. The number of aliphatic hydroxyl groups excluding tert-OH is 2. The number of carbonyl (C=O) groups excluding carboxylic acids is 2. The van der Waals surface area contributed by atoms with Crippen molar-refractivity contribution < 1.29 is 43.9 Å². The SMILES string of the molecule is CO[C@H]1[C@H](O)[C@H](O[C@H]2CC[C@@]3(C=O)[C@H](CC[C@H]4[C@H]3CC[C@]3(C)[C@H](C5=CC(=O)OC5)CC[C@]43O)C2)O[C@@H](C)[C@@H]1O. The topological polar surface area (TPSA) is 132 Å². The first-order valence-electron chi connectivity index (χ1n) is 14.8. The summed E-state index contributed by atoms with van der Waals surface area (Å²) in [5, 5.41) is 33.4. The van der Waals surface area contributed by atoms with Crippen LogP contribution >= 0.6 is 0 Å². The van der Waals surface area contributed by atoms with Gasteiger partial charge in [-0.25, -0.2) is 4.79 Å². The normalized spacial score (nSPS) is 53.3. The van der Waals surface area contributed by atoms with E-state index >= 15 is 0 Å². The first kappa shape index (κ1) is 27.8. The maximum Gasteiger partial charge on any atom is 0.331 e. The third kappa shape index (κ3) is 4.02. The first-order chi connectivity index (χ1) is 18.6. The van der Waals surface area contributed by atoms with Gasteiger partial charge in [0.15, 0.2) is 6.29 Å². The summed E-state index contributed by atoms with van der Waals surface area (Å²) in [6, 6.07) is 0. The van der Waals surface area contributed by atoms with Gasteiger partial charge < -0.3 is 39.1 Å². The second-order valence-electron chi connectivity index (χ2n) is 13.4. The number of aliphatic hydroxyl groups is 3. The lowest BCUT2D eigenvalue weighted by Gasteiger charge is -2.63. The van der Waals surface area contributed by atoms with Crippen LogP contribution in [0.1, 0.15) is 71.6 Å². The van der Waals surface area contributed by atoms with Gasteiger partial charge in [-0.15, -0.1) is 0 Å². The summed E-state index contributed by atoms with van der Waals surface area (Å²) in [5.74, 6) is 0.152. The van der Waals surface area contributed by atoms with Gasteiger partial charge in [0.05, 0.1) is 17.8 Å². The van der Waals surface area contributed by atoms with E-state index in [1.807, 2.05) is 0 Å². The molecule has 6 aliphatic rings. The fraction of sp³-hybridized carbons (Fsp3) is 0.867. The molecule has 0 amide bonds. The van der Waals surface area contributed by atoms with Gasteiger partial charge in [0, 0.05) is 24.0 Å². The van der Waals surface area contributed by atoms with E-state index in [0.29, 0.717) is 32.3 Å². The number of hydrogen-bond acceptors (Lipinski definition) is 9. The van der Waals surface area contributed by atoms with Crippen LogP contribution < -0.4 is 0 Å². The molecule has 4 saturated carbocycles. The third-order valence-corrected chi connectivity index (χ3v) is 12.1. The number of fused-ring (bicyclic) bond motifs is 5.